The molecule has 0 unspecified atom stereocenters. The number of nitrogens with zero attached hydrogens (tertiary/aromatic N) is 1. The van der Waals surface area contributed by atoms with Crippen molar-refractivity contribution in [3.63, 3.8) is 0 Å². The molecule has 2 amide bonds. The van der Waals surface area contributed by atoms with Crippen LogP contribution in [0, 0.1) is 0 Å². The number of carbonyl (C=O) groups excluding carboxylic acids is 5. The van der Waals surface area contributed by atoms with Gasteiger partial charge < -0.3 is 15.2 Å². The summed E-state index contributed by atoms with van der Waals surface area (Å²) >= 11 is 31.8. The molecule has 0 atom stereocenters. The van der Waals surface area contributed by atoms with Gasteiger partial charge in [0.25, 0.3) is 21.9 Å². The van der Waals surface area contributed by atoms with Crippen LogP contribution in [0.3, 0.4) is 0 Å². The maximum absolute atomic E-state index is 13.8. The minimum atomic E-state index is -4.95. The van der Waals surface area contributed by atoms with Crippen molar-refractivity contribution >= 4 is 121 Å². The van der Waals surface area contributed by atoms with Crippen LogP contribution < -0.4 is 10.2 Å². The number of imide groups is 1. The number of ether oxygens (including phenoxy) is 1. The fourth-order valence-electron chi connectivity index (χ4n) is 5.64. The van der Waals surface area contributed by atoms with E-state index in [1.165, 1.54) is 24.3 Å². The molecule has 6 rings (SSSR count). The van der Waals surface area contributed by atoms with Gasteiger partial charge in [-0.3, -0.25) is 28.5 Å². The molecule has 256 valence electrons. The number of Topliss-reactive ketones (excluding diaryl/α,β-unsaturated/α-hetero) is 2. The molecule has 1 aliphatic carbocycles. The zero-order valence-corrected chi connectivity index (χ0v) is 29.0. The molecule has 19 heteroatoms. The fourth-order valence-corrected chi connectivity index (χ4v) is 8.11. The highest BCUT2D eigenvalue weighted by Crippen LogP contribution is 2.47. The van der Waals surface area contributed by atoms with Gasteiger partial charge in [0.05, 0.1) is 70.0 Å². The number of nitrogens with one attached hydrogen (secondary N) is 1. The van der Waals surface area contributed by atoms with Crippen molar-refractivity contribution in [2.75, 3.05) is 16.8 Å². The molecule has 0 aromatic heterocycles. The van der Waals surface area contributed by atoms with Crippen molar-refractivity contribution in [1.29, 1.82) is 0 Å². The molecule has 13 nitrogen and oxygen atoms in total. The Hall–Kier alpha value is -4.28. The quantitative estimate of drug-likeness (QED) is 0.0600. The van der Waals surface area contributed by atoms with E-state index in [9.17, 15) is 41.7 Å². The summed E-state index contributed by atoms with van der Waals surface area (Å²) in [4.78, 5) is 77.3. The monoisotopic (exact) mass is 798 g/mol. The Bertz CT molecular complexity index is 2370. The van der Waals surface area contributed by atoms with Gasteiger partial charge in [-0.15, -0.1) is 0 Å². The Morgan fingerprint density at radius 3 is 2.12 bits per heavy atom. The summed E-state index contributed by atoms with van der Waals surface area (Å²) in [6.45, 7) is -0.871. The first-order valence-corrected chi connectivity index (χ1v) is 17.1. The smallest absolute Gasteiger partial charge is 0.341 e. The number of carboxylic acid groups (broad SMARTS) is 1. The van der Waals surface area contributed by atoms with Crippen LogP contribution in [0.2, 0.25) is 25.1 Å². The Morgan fingerprint density at radius 2 is 1.48 bits per heavy atom. The van der Waals surface area contributed by atoms with E-state index in [0.717, 1.165) is 6.07 Å². The van der Waals surface area contributed by atoms with Gasteiger partial charge >= 0.3 is 11.9 Å². The standard InChI is InChI=1S/C31H15Cl5N2O11S/c32-12-8-15(50(46,47)48)25(35)22-18(12)30(44)38(31(22)45)14-3-1-2-10-4-6-13(37-27(10)14)19-28(42)20-21(29(19)43)26(36)24(34)11(23(20)33)5-7-17(41)49-9-16(39)40/h1-4,6,8,37H,5,7,9H2,(H,39,40)(H,46,47,48)/b19-13-. The van der Waals surface area contributed by atoms with Crippen molar-refractivity contribution in [3.05, 3.63) is 100 Å². The van der Waals surface area contributed by atoms with Gasteiger partial charge in [-0.25, -0.2) is 9.69 Å². The summed E-state index contributed by atoms with van der Waals surface area (Å²) in [6, 6.07) is 5.18. The second-order valence-corrected chi connectivity index (χ2v) is 14.0. The number of hydrogen-bond acceptors (Lipinski definition) is 10. The number of halogens is 5. The molecule has 50 heavy (non-hydrogen) atoms. The van der Waals surface area contributed by atoms with E-state index in [-0.39, 0.29) is 61.7 Å². The number of ketones is 2. The molecule has 3 N–H and O–H groups in total. The molecular formula is C31H15Cl5N2O11S. The number of para-hydroxylation sites is 1. The SMILES string of the molecule is O=C(O)COC(=O)CCc1c(Cl)c(Cl)c2c(c1Cl)C(=O)/C(=C1\C=Cc3cccc(N4C(=O)c5c(Cl)cc(S(=O)(=O)O)c(Cl)c5C4=O)c3N1)C2=O. The molecule has 3 aromatic carbocycles. The molecule has 0 spiro atoms. The summed E-state index contributed by atoms with van der Waals surface area (Å²) < 4.78 is 38.0. The van der Waals surface area contributed by atoms with Crippen molar-refractivity contribution in [2.45, 2.75) is 17.7 Å². The summed E-state index contributed by atoms with van der Waals surface area (Å²) in [6.07, 6.45) is 2.28. The fraction of sp³-hybridized carbons (Fsp3) is 0.0968. The summed E-state index contributed by atoms with van der Waals surface area (Å²) in [5, 5.41) is 9.64. The Labute approximate surface area is 305 Å². The van der Waals surface area contributed by atoms with Crippen LogP contribution in [-0.2, 0) is 30.9 Å². The lowest BCUT2D eigenvalue weighted by atomic mass is 10.0. The number of amides is 2. The number of carboxylic acids is 1. The number of rotatable bonds is 7. The predicted octanol–water partition coefficient (Wildman–Crippen LogP) is 6.33. The molecule has 0 saturated carbocycles. The van der Waals surface area contributed by atoms with E-state index < -0.39 is 83.7 Å². The molecule has 2 aliphatic heterocycles. The van der Waals surface area contributed by atoms with Gasteiger partial charge in [0.2, 0.25) is 11.6 Å². The van der Waals surface area contributed by atoms with Crippen LogP contribution >= 0.6 is 58.0 Å². The summed E-state index contributed by atoms with van der Waals surface area (Å²) in [7, 11) is -4.95. The summed E-state index contributed by atoms with van der Waals surface area (Å²) in [5.41, 5.74) is -1.69. The third kappa shape index (κ3) is 5.66. The third-order valence-electron chi connectivity index (χ3n) is 7.82. The number of fused-ring (bicyclic) bond motifs is 3. The van der Waals surface area contributed by atoms with Crippen molar-refractivity contribution < 1.29 is 51.6 Å². The first-order chi connectivity index (χ1) is 23.4. The first kappa shape index (κ1) is 35.5. The van der Waals surface area contributed by atoms with Crippen molar-refractivity contribution in [3.8, 4) is 0 Å². The number of benzene rings is 3. The van der Waals surface area contributed by atoms with Crippen LogP contribution in [0.5, 0.6) is 0 Å². The molecule has 0 saturated heterocycles. The van der Waals surface area contributed by atoms with Gasteiger partial charge in [-0.05, 0) is 30.2 Å². The molecule has 3 aliphatic rings. The van der Waals surface area contributed by atoms with E-state index in [1.807, 2.05) is 0 Å². The highest BCUT2D eigenvalue weighted by atomic mass is 35.5. The lowest BCUT2D eigenvalue weighted by molar-refractivity contribution is -0.155. The maximum atomic E-state index is 13.8. The van der Waals surface area contributed by atoms with Crippen molar-refractivity contribution in [2.24, 2.45) is 0 Å². The average molecular weight is 801 g/mol. The second-order valence-electron chi connectivity index (χ2n) is 10.7. The highest BCUT2D eigenvalue weighted by molar-refractivity contribution is 7.86. The zero-order valence-electron chi connectivity index (χ0n) is 24.4. The molecule has 0 radical (unpaired) electrons. The van der Waals surface area contributed by atoms with Crippen LogP contribution in [0.25, 0.3) is 6.08 Å². The maximum Gasteiger partial charge on any atom is 0.341 e. The van der Waals surface area contributed by atoms with Gasteiger partial charge in [0.1, 0.15) is 4.90 Å². The van der Waals surface area contributed by atoms with E-state index in [2.05, 4.69) is 10.1 Å². The lowest BCUT2D eigenvalue weighted by Crippen LogP contribution is -2.30. The second kappa shape index (κ2) is 12.8. The number of allylic oxidation sites excluding steroid dienone is 2. The van der Waals surface area contributed by atoms with E-state index in [0.29, 0.717) is 10.5 Å². The minimum Gasteiger partial charge on any atom is -0.479 e. The predicted molar refractivity (Wildman–Crippen MR) is 181 cm³/mol. The third-order valence-corrected chi connectivity index (χ3v) is 10.8. The molecule has 3 aromatic rings. The molecule has 0 bridgehead atoms. The minimum absolute atomic E-state index is 0.0386. The number of aliphatic carboxylic acids is 1. The number of anilines is 2. The van der Waals surface area contributed by atoms with Crippen LogP contribution in [0.15, 0.2) is 46.5 Å². The van der Waals surface area contributed by atoms with E-state index >= 15 is 0 Å². The van der Waals surface area contributed by atoms with Gasteiger partial charge in [0, 0.05) is 12.0 Å². The van der Waals surface area contributed by atoms with Gasteiger partial charge in [-0.2, -0.15) is 8.42 Å². The molecule has 0 fully saturated rings. The highest BCUT2D eigenvalue weighted by Gasteiger charge is 2.45. The van der Waals surface area contributed by atoms with Gasteiger partial charge in [0.15, 0.2) is 6.61 Å². The zero-order chi connectivity index (χ0) is 36.6. The molecular weight excluding hydrogens is 786 g/mol. The van der Waals surface area contributed by atoms with Crippen LogP contribution in [-0.4, -0.2) is 60.0 Å². The Kier molecular flexibility index (Phi) is 9.10. The lowest BCUT2D eigenvalue weighted by Gasteiger charge is -2.24. The van der Waals surface area contributed by atoms with Crippen LogP contribution in [0.4, 0.5) is 11.4 Å². The summed E-state index contributed by atoms with van der Waals surface area (Å²) in [5.74, 6) is -6.05. The first-order valence-electron chi connectivity index (χ1n) is 13.8. The number of hydrogen-bond donors (Lipinski definition) is 3. The normalized spacial score (nSPS) is 16.4. The topological polar surface area (TPSA) is 202 Å². The average Bonchev–Trinajstić information content (AvgIpc) is 3.47. The largest absolute Gasteiger partial charge is 0.479 e. The van der Waals surface area contributed by atoms with E-state index in [4.69, 9.17) is 63.1 Å². The van der Waals surface area contributed by atoms with Crippen LogP contribution in [0.1, 0.15) is 59.0 Å². The Morgan fingerprint density at radius 1 is 0.840 bits per heavy atom. The number of carbonyl (C=O) groups is 6. The van der Waals surface area contributed by atoms with E-state index in [1.54, 1.807) is 6.07 Å². The van der Waals surface area contributed by atoms with Gasteiger partial charge in [-0.1, -0.05) is 76.2 Å². The molecule has 2 heterocycles. The van der Waals surface area contributed by atoms with Crippen molar-refractivity contribution in [1.82, 2.24) is 0 Å². The Balaban J connectivity index is 1.39. The number of esters is 1.